The van der Waals surface area contributed by atoms with E-state index in [1.54, 1.807) is 55.6 Å². The number of benzene rings is 2. The van der Waals surface area contributed by atoms with Crippen molar-refractivity contribution in [1.29, 1.82) is 0 Å². The lowest BCUT2D eigenvalue weighted by Crippen LogP contribution is -2.37. The van der Waals surface area contributed by atoms with E-state index in [-0.39, 0.29) is 18.0 Å². The summed E-state index contributed by atoms with van der Waals surface area (Å²) in [6, 6.07) is 16.6. The van der Waals surface area contributed by atoms with Crippen LogP contribution in [-0.2, 0) is 21.4 Å². The van der Waals surface area contributed by atoms with Gasteiger partial charge < -0.3 is 10.1 Å². The molecule has 1 heterocycles. The molecule has 0 aliphatic rings. The van der Waals surface area contributed by atoms with Gasteiger partial charge in [0, 0.05) is 29.6 Å². The van der Waals surface area contributed by atoms with Gasteiger partial charge in [0.05, 0.1) is 13.7 Å². The number of nitrogens with one attached hydrogen (secondary N) is 1. The Morgan fingerprint density at radius 1 is 1.13 bits per heavy atom. The minimum absolute atomic E-state index is 0.00415. The zero-order valence-corrected chi connectivity index (χ0v) is 17.7. The molecule has 1 aromatic heterocycles. The Hall–Kier alpha value is -2.94. The fourth-order valence-electron chi connectivity index (χ4n) is 2.74. The van der Waals surface area contributed by atoms with Crippen molar-refractivity contribution in [3.63, 3.8) is 0 Å². The predicted molar refractivity (Wildman–Crippen MR) is 115 cm³/mol. The highest BCUT2D eigenvalue weighted by atomic mass is 35.5. The fraction of sp³-hybridized carbons (Fsp3) is 0.143. The standard InChI is InChI=1S/C21H20ClN3O4S/c1-29-19-9-7-16(8-10-19)14-25(30(27,28)20-6-3-11-23-13-20)15-21(26)24-18-5-2-4-17(22)12-18/h2-13H,14-15H2,1H3,(H,24,26). The minimum atomic E-state index is -3.96. The second kappa shape index (κ2) is 9.71. The Balaban J connectivity index is 1.85. The van der Waals surface area contributed by atoms with Gasteiger partial charge in [-0.1, -0.05) is 29.8 Å². The van der Waals surface area contributed by atoms with Crippen LogP contribution in [-0.4, -0.2) is 37.3 Å². The Morgan fingerprint density at radius 2 is 1.90 bits per heavy atom. The molecule has 1 N–H and O–H groups in total. The summed E-state index contributed by atoms with van der Waals surface area (Å²) < 4.78 is 32.6. The Morgan fingerprint density at radius 3 is 2.53 bits per heavy atom. The lowest BCUT2D eigenvalue weighted by Gasteiger charge is -2.22. The minimum Gasteiger partial charge on any atom is -0.497 e. The van der Waals surface area contributed by atoms with Gasteiger partial charge in [-0.05, 0) is 48.0 Å². The molecule has 0 unspecified atom stereocenters. The normalized spacial score (nSPS) is 11.3. The van der Waals surface area contributed by atoms with Gasteiger partial charge in [0.15, 0.2) is 0 Å². The van der Waals surface area contributed by atoms with Crippen molar-refractivity contribution in [2.45, 2.75) is 11.4 Å². The number of anilines is 1. The molecular formula is C21H20ClN3O4S. The van der Waals surface area contributed by atoms with E-state index in [0.29, 0.717) is 22.0 Å². The third-order valence-electron chi connectivity index (χ3n) is 4.22. The number of carbonyl (C=O) groups is 1. The van der Waals surface area contributed by atoms with Gasteiger partial charge in [0.25, 0.3) is 0 Å². The van der Waals surface area contributed by atoms with E-state index < -0.39 is 15.9 Å². The molecule has 0 saturated heterocycles. The lowest BCUT2D eigenvalue weighted by atomic mass is 10.2. The second-order valence-electron chi connectivity index (χ2n) is 6.37. The molecule has 7 nitrogen and oxygen atoms in total. The Kier molecular flexibility index (Phi) is 7.04. The van der Waals surface area contributed by atoms with Crippen molar-refractivity contribution >= 4 is 33.2 Å². The van der Waals surface area contributed by atoms with Crippen molar-refractivity contribution in [3.05, 3.63) is 83.6 Å². The Labute approximate surface area is 180 Å². The van der Waals surface area contributed by atoms with Gasteiger partial charge >= 0.3 is 0 Å². The number of ether oxygens (including phenoxy) is 1. The van der Waals surface area contributed by atoms with Gasteiger partial charge in [-0.3, -0.25) is 9.78 Å². The van der Waals surface area contributed by atoms with Crippen LogP contribution in [0.1, 0.15) is 5.56 Å². The van der Waals surface area contributed by atoms with Crippen LogP contribution in [0.3, 0.4) is 0 Å². The lowest BCUT2D eigenvalue weighted by molar-refractivity contribution is -0.116. The van der Waals surface area contributed by atoms with Crippen LogP contribution in [0.25, 0.3) is 0 Å². The summed E-state index contributed by atoms with van der Waals surface area (Å²) in [5.74, 6) is 0.164. The van der Waals surface area contributed by atoms with Gasteiger partial charge in [-0.25, -0.2) is 8.42 Å². The van der Waals surface area contributed by atoms with Crippen LogP contribution in [0.5, 0.6) is 5.75 Å². The number of hydrogen-bond donors (Lipinski definition) is 1. The van der Waals surface area contributed by atoms with E-state index in [4.69, 9.17) is 16.3 Å². The smallest absolute Gasteiger partial charge is 0.245 e. The number of rotatable bonds is 8. The maximum Gasteiger partial charge on any atom is 0.245 e. The first kappa shape index (κ1) is 21.8. The number of halogens is 1. The monoisotopic (exact) mass is 445 g/mol. The number of hydrogen-bond acceptors (Lipinski definition) is 5. The van der Waals surface area contributed by atoms with Gasteiger partial charge in [-0.15, -0.1) is 0 Å². The zero-order valence-electron chi connectivity index (χ0n) is 16.2. The van der Waals surface area contributed by atoms with E-state index in [1.165, 1.54) is 24.5 Å². The average Bonchev–Trinajstić information content (AvgIpc) is 2.74. The molecule has 0 saturated carbocycles. The van der Waals surface area contributed by atoms with Crippen LogP contribution < -0.4 is 10.1 Å². The molecule has 9 heteroatoms. The third kappa shape index (κ3) is 5.56. The van der Waals surface area contributed by atoms with Crippen LogP contribution >= 0.6 is 11.6 Å². The van der Waals surface area contributed by atoms with Crippen molar-refractivity contribution in [2.24, 2.45) is 0 Å². The molecule has 2 aromatic carbocycles. The number of pyridine rings is 1. The number of methoxy groups -OCH3 is 1. The molecule has 0 bridgehead atoms. The molecule has 0 fully saturated rings. The predicted octanol–water partition coefficient (Wildman–Crippen LogP) is 3.57. The van der Waals surface area contributed by atoms with E-state index in [0.717, 1.165) is 4.31 Å². The van der Waals surface area contributed by atoms with Crippen LogP contribution in [0.15, 0.2) is 78.0 Å². The van der Waals surface area contributed by atoms with Crippen molar-refractivity contribution in [2.75, 3.05) is 19.0 Å². The number of aromatic nitrogens is 1. The summed E-state index contributed by atoms with van der Waals surface area (Å²) in [5.41, 5.74) is 1.19. The molecule has 0 atom stereocenters. The average molecular weight is 446 g/mol. The molecule has 3 aromatic rings. The largest absolute Gasteiger partial charge is 0.497 e. The summed E-state index contributed by atoms with van der Waals surface area (Å²) in [4.78, 5) is 16.5. The molecule has 0 radical (unpaired) electrons. The molecular weight excluding hydrogens is 426 g/mol. The summed E-state index contributed by atoms with van der Waals surface area (Å²) in [5, 5.41) is 3.14. The van der Waals surface area contributed by atoms with Crippen molar-refractivity contribution < 1.29 is 17.9 Å². The van der Waals surface area contributed by atoms with Crippen LogP contribution in [0.2, 0.25) is 5.02 Å². The summed E-state index contributed by atoms with van der Waals surface area (Å²) in [7, 11) is -2.41. The number of sulfonamides is 1. The summed E-state index contributed by atoms with van der Waals surface area (Å²) >= 11 is 5.94. The second-order valence-corrected chi connectivity index (χ2v) is 8.74. The summed E-state index contributed by atoms with van der Waals surface area (Å²) in [6.07, 6.45) is 2.74. The van der Waals surface area contributed by atoms with Crippen LogP contribution in [0, 0.1) is 0 Å². The van der Waals surface area contributed by atoms with Crippen molar-refractivity contribution in [1.82, 2.24) is 9.29 Å². The first-order valence-electron chi connectivity index (χ1n) is 8.97. The highest BCUT2D eigenvalue weighted by Gasteiger charge is 2.27. The summed E-state index contributed by atoms with van der Waals surface area (Å²) in [6.45, 7) is -0.375. The molecule has 3 rings (SSSR count). The fourth-order valence-corrected chi connectivity index (χ4v) is 4.28. The molecule has 0 spiro atoms. The van der Waals surface area contributed by atoms with Crippen LogP contribution in [0.4, 0.5) is 5.69 Å². The van der Waals surface area contributed by atoms with E-state index >= 15 is 0 Å². The number of nitrogens with zero attached hydrogens (tertiary/aromatic N) is 2. The first-order chi connectivity index (χ1) is 14.4. The van der Waals surface area contributed by atoms with Crippen molar-refractivity contribution in [3.8, 4) is 5.75 Å². The van der Waals surface area contributed by atoms with Gasteiger partial charge in [-0.2, -0.15) is 4.31 Å². The topological polar surface area (TPSA) is 88.6 Å². The van der Waals surface area contributed by atoms with Gasteiger partial charge in [0.2, 0.25) is 15.9 Å². The maximum absolute atomic E-state index is 13.2. The van der Waals surface area contributed by atoms with E-state index in [2.05, 4.69) is 10.3 Å². The highest BCUT2D eigenvalue weighted by Crippen LogP contribution is 2.20. The van der Waals surface area contributed by atoms with E-state index in [1.807, 2.05) is 0 Å². The maximum atomic E-state index is 13.2. The molecule has 0 aliphatic carbocycles. The molecule has 156 valence electrons. The quantitative estimate of drug-likeness (QED) is 0.572. The number of carbonyl (C=O) groups excluding carboxylic acids is 1. The Bertz CT molecular complexity index is 1110. The molecule has 1 amide bonds. The number of amides is 1. The first-order valence-corrected chi connectivity index (χ1v) is 10.8. The van der Waals surface area contributed by atoms with E-state index in [9.17, 15) is 13.2 Å². The zero-order chi connectivity index (χ0) is 21.6. The third-order valence-corrected chi connectivity index (χ3v) is 6.23. The SMILES string of the molecule is COc1ccc(CN(CC(=O)Nc2cccc(Cl)c2)S(=O)(=O)c2cccnc2)cc1. The molecule has 30 heavy (non-hydrogen) atoms. The van der Waals surface area contributed by atoms with Gasteiger partial charge in [0.1, 0.15) is 10.6 Å². The highest BCUT2D eigenvalue weighted by molar-refractivity contribution is 7.89. The molecule has 0 aliphatic heterocycles.